The number of aromatic amines is 1. The predicted molar refractivity (Wildman–Crippen MR) is 102 cm³/mol. The molecule has 2 heterocycles. The summed E-state index contributed by atoms with van der Waals surface area (Å²) < 4.78 is 0. The summed E-state index contributed by atoms with van der Waals surface area (Å²) in [6.07, 6.45) is 3.75. The molecule has 1 amide bonds. The van der Waals surface area contributed by atoms with Gasteiger partial charge >= 0.3 is 0 Å². The Bertz CT molecular complexity index is 1070. The van der Waals surface area contributed by atoms with Crippen molar-refractivity contribution in [2.24, 2.45) is 0 Å². The zero-order chi connectivity index (χ0) is 17.9. The first-order chi connectivity index (χ1) is 12.7. The minimum atomic E-state index is -0.150. The highest BCUT2D eigenvalue weighted by Crippen LogP contribution is 2.32. The van der Waals surface area contributed by atoms with Gasteiger partial charge in [0.2, 0.25) is 5.91 Å². The largest absolute Gasteiger partial charge is 0.508 e. The molecule has 0 aliphatic heterocycles. The summed E-state index contributed by atoms with van der Waals surface area (Å²) in [6, 6.07) is 18.5. The van der Waals surface area contributed by atoms with Gasteiger partial charge < -0.3 is 15.4 Å². The second-order valence-electron chi connectivity index (χ2n) is 6.05. The summed E-state index contributed by atoms with van der Waals surface area (Å²) in [4.78, 5) is 20.0. The van der Waals surface area contributed by atoms with Crippen molar-refractivity contribution in [3.05, 3.63) is 78.6 Å². The van der Waals surface area contributed by atoms with E-state index in [1.165, 1.54) is 0 Å². The lowest BCUT2D eigenvalue weighted by Crippen LogP contribution is -2.14. The highest BCUT2D eigenvalue weighted by molar-refractivity contribution is 6.07. The number of benzene rings is 2. The number of rotatable bonds is 4. The molecule has 0 fully saturated rings. The molecule has 0 saturated carbocycles. The SMILES string of the molecule is O=C(Cc1cccc(O)c1)Nc1ccnc2[nH]cc(-c3ccccc3)c12. The van der Waals surface area contributed by atoms with Crippen LogP contribution in [0.3, 0.4) is 0 Å². The number of nitrogens with zero attached hydrogens (tertiary/aromatic N) is 1. The number of phenols is 1. The second kappa shape index (κ2) is 6.72. The van der Waals surface area contributed by atoms with Crippen molar-refractivity contribution in [3.63, 3.8) is 0 Å². The number of fused-ring (bicyclic) bond motifs is 1. The molecule has 0 radical (unpaired) electrons. The van der Waals surface area contributed by atoms with E-state index < -0.39 is 0 Å². The highest BCUT2D eigenvalue weighted by atomic mass is 16.3. The second-order valence-corrected chi connectivity index (χ2v) is 6.05. The molecule has 4 rings (SSSR count). The van der Waals surface area contributed by atoms with Crippen LogP contribution in [0, 0.1) is 0 Å². The fourth-order valence-corrected chi connectivity index (χ4v) is 3.05. The van der Waals surface area contributed by atoms with Crippen LogP contribution < -0.4 is 5.32 Å². The van der Waals surface area contributed by atoms with Crippen LogP contribution in [0.5, 0.6) is 5.75 Å². The molecule has 0 saturated heterocycles. The lowest BCUT2D eigenvalue weighted by atomic mass is 10.0. The number of phenolic OH excluding ortho intramolecular Hbond substituents is 1. The van der Waals surface area contributed by atoms with Gasteiger partial charge in [0.25, 0.3) is 0 Å². The third kappa shape index (κ3) is 3.15. The average Bonchev–Trinajstić information content (AvgIpc) is 3.08. The molecule has 2 aromatic carbocycles. The topological polar surface area (TPSA) is 78.0 Å². The zero-order valence-corrected chi connectivity index (χ0v) is 13.9. The number of carbonyl (C=O) groups excluding carboxylic acids is 1. The first-order valence-corrected chi connectivity index (χ1v) is 8.30. The van der Waals surface area contributed by atoms with Gasteiger partial charge in [-0.05, 0) is 29.3 Å². The van der Waals surface area contributed by atoms with E-state index in [2.05, 4.69) is 15.3 Å². The molecule has 0 aliphatic rings. The summed E-state index contributed by atoms with van der Waals surface area (Å²) in [5.41, 5.74) is 4.22. The van der Waals surface area contributed by atoms with E-state index in [9.17, 15) is 9.90 Å². The monoisotopic (exact) mass is 343 g/mol. The normalized spacial score (nSPS) is 10.8. The molecule has 4 aromatic rings. The van der Waals surface area contributed by atoms with Crippen LogP contribution in [0.15, 0.2) is 73.1 Å². The van der Waals surface area contributed by atoms with Crippen LogP contribution in [0.25, 0.3) is 22.2 Å². The number of anilines is 1. The van der Waals surface area contributed by atoms with E-state index in [4.69, 9.17) is 0 Å². The van der Waals surface area contributed by atoms with Gasteiger partial charge in [0.15, 0.2) is 0 Å². The van der Waals surface area contributed by atoms with E-state index in [0.717, 1.165) is 27.7 Å². The highest BCUT2D eigenvalue weighted by Gasteiger charge is 2.13. The number of aromatic hydroxyl groups is 1. The number of nitrogens with one attached hydrogen (secondary N) is 2. The summed E-state index contributed by atoms with van der Waals surface area (Å²) in [7, 11) is 0. The number of hydrogen-bond acceptors (Lipinski definition) is 3. The third-order valence-electron chi connectivity index (χ3n) is 4.21. The summed E-state index contributed by atoms with van der Waals surface area (Å²) in [5.74, 6) is 0.00177. The Labute approximate surface area is 150 Å². The van der Waals surface area contributed by atoms with Crippen molar-refractivity contribution in [1.29, 1.82) is 0 Å². The quantitative estimate of drug-likeness (QED) is 0.522. The summed E-state index contributed by atoms with van der Waals surface area (Å²) in [5, 5.41) is 13.4. The Kier molecular flexibility index (Phi) is 4.11. The lowest BCUT2D eigenvalue weighted by Gasteiger charge is -2.09. The third-order valence-corrected chi connectivity index (χ3v) is 4.21. The standard InChI is InChI=1S/C21H17N3O2/c25-16-8-4-5-14(11-16)12-19(26)24-18-9-10-22-21-20(18)17(13-23-21)15-6-2-1-3-7-15/h1-11,13,25H,12H2,(H2,22,23,24,26). The van der Waals surface area contributed by atoms with Gasteiger partial charge in [-0.25, -0.2) is 4.98 Å². The van der Waals surface area contributed by atoms with Gasteiger partial charge in [-0.1, -0.05) is 42.5 Å². The molecule has 0 aliphatic carbocycles. The maximum absolute atomic E-state index is 12.5. The molecule has 0 bridgehead atoms. The summed E-state index contributed by atoms with van der Waals surface area (Å²) >= 11 is 0. The first-order valence-electron chi connectivity index (χ1n) is 8.30. The van der Waals surface area contributed by atoms with E-state index in [-0.39, 0.29) is 18.1 Å². The van der Waals surface area contributed by atoms with Crippen molar-refractivity contribution < 1.29 is 9.90 Å². The van der Waals surface area contributed by atoms with E-state index in [0.29, 0.717) is 5.69 Å². The van der Waals surface area contributed by atoms with Crippen LogP contribution in [0.4, 0.5) is 5.69 Å². The Balaban J connectivity index is 1.66. The van der Waals surface area contributed by atoms with Crippen LogP contribution in [-0.2, 0) is 11.2 Å². The molecule has 5 nitrogen and oxygen atoms in total. The Morgan fingerprint density at radius 1 is 1.08 bits per heavy atom. The van der Waals surface area contributed by atoms with Gasteiger partial charge in [0.05, 0.1) is 17.5 Å². The Morgan fingerprint density at radius 2 is 1.92 bits per heavy atom. The number of H-pyrrole nitrogens is 1. The molecule has 2 aromatic heterocycles. The van der Waals surface area contributed by atoms with Gasteiger partial charge in [0.1, 0.15) is 11.4 Å². The van der Waals surface area contributed by atoms with Crippen LogP contribution in [0.2, 0.25) is 0 Å². The number of carbonyl (C=O) groups is 1. The van der Waals surface area contributed by atoms with Gasteiger partial charge in [-0.3, -0.25) is 4.79 Å². The molecule has 0 unspecified atom stereocenters. The van der Waals surface area contributed by atoms with Gasteiger partial charge in [-0.15, -0.1) is 0 Å². The van der Waals surface area contributed by atoms with Crippen molar-refractivity contribution in [2.75, 3.05) is 5.32 Å². The molecule has 0 spiro atoms. The molecule has 5 heteroatoms. The Morgan fingerprint density at radius 3 is 2.73 bits per heavy atom. The Hall–Kier alpha value is -3.60. The zero-order valence-electron chi connectivity index (χ0n) is 13.9. The fraction of sp³-hybridized carbons (Fsp3) is 0.0476. The van der Waals surface area contributed by atoms with E-state index in [1.807, 2.05) is 42.6 Å². The minimum absolute atomic E-state index is 0.150. The first kappa shape index (κ1) is 15.9. The molecule has 0 atom stereocenters. The number of pyridine rings is 1. The lowest BCUT2D eigenvalue weighted by molar-refractivity contribution is -0.115. The average molecular weight is 343 g/mol. The molecule has 128 valence electrons. The van der Waals surface area contributed by atoms with Crippen molar-refractivity contribution in [2.45, 2.75) is 6.42 Å². The fourth-order valence-electron chi connectivity index (χ4n) is 3.05. The van der Waals surface area contributed by atoms with Crippen molar-refractivity contribution in [3.8, 4) is 16.9 Å². The van der Waals surface area contributed by atoms with E-state index >= 15 is 0 Å². The number of aromatic nitrogens is 2. The number of amides is 1. The van der Waals surface area contributed by atoms with Crippen molar-refractivity contribution >= 4 is 22.6 Å². The maximum atomic E-state index is 12.5. The molecular formula is C21H17N3O2. The molecule has 26 heavy (non-hydrogen) atoms. The van der Waals surface area contributed by atoms with Crippen LogP contribution >= 0.6 is 0 Å². The molecule has 3 N–H and O–H groups in total. The van der Waals surface area contributed by atoms with Crippen molar-refractivity contribution in [1.82, 2.24) is 9.97 Å². The van der Waals surface area contributed by atoms with Crippen LogP contribution in [-0.4, -0.2) is 21.0 Å². The molecular weight excluding hydrogens is 326 g/mol. The van der Waals surface area contributed by atoms with Gasteiger partial charge in [-0.2, -0.15) is 0 Å². The van der Waals surface area contributed by atoms with E-state index in [1.54, 1.807) is 30.5 Å². The minimum Gasteiger partial charge on any atom is -0.508 e. The van der Waals surface area contributed by atoms with Crippen LogP contribution in [0.1, 0.15) is 5.56 Å². The smallest absolute Gasteiger partial charge is 0.228 e. The van der Waals surface area contributed by atoms with Gasteiger partial charge in [0, 0.05) is 18.0 Å². The maximum Gasteiger partial charge on any atom is 0.228 e. The number of hydrogen-bond donors (Lipinski definition) is 3. The predicted octanol–water partition coefficient (Wildman–Crippen LogP) is 4.12. The summed E-state index contributed by atoms with van der Waals surface area (Å²) in [6.45, 7) is 0.